The van der Waals surface area contributed by atoms with Gasteiger partial charge in [0, 0.05) is 18.5 Å². The number of nitrogens with zero attached hydrogens (tertiary/aromatic N) is 1. The molecule has 0 aromatic heterocycles. The second-order valence-electron chi connectivity index (χ2n) is 11.3. The molecule has 0 bridgehead atoms. The second-order valence-corrected chi connectivity index (χ2v) is 11.3. The molecule has 2 unspecified atom stereocenters. The molecule has 39 heavy (non-hydrogen) atoms. The maximum absolute atomic E-state index is 13.3. The summed E-state index contributed by atoms with van der Waals surface area (Å²) in [5.41, 5.74) is 4.93. The molecule has 2 heterocycles. The topological polar surface area (TPSA) is 50.8 Å². The van der Waals surface area contributed by atoms with Gasteiger partial charge in [0.1, 0.15) is 18.1 Å². The molecule has 0 radical (unpaired) electrons. The SMILES string of the molecule is O=C(C1CC1)N1CCc2cc(OCc3ccccc3)ccc2C1Cc1ccc(OCCC2CCCCN2)cc1. The number of rotatable bonds is 10. The Morgan fingerprint density at radius 3 is 2.46 bits per heavy atom. The van der Waals surface area contributed by atoms with Crippen LogP contribution in [0.3, 0.4) is 0 Å². The van der Waals surface area contributed by atoms with Gasteiger partial charge in [0.15, 0.2) is 0 Å². The number of amides is 1. The van der Waals surface area contributed by atoms with E-state index in [4.69, 9.17) is 9.47 Å². The van der Waals surface area contributed by atoms with E-state index in [2.05, 4.69) is 64.8 Å². The molecule has 2 atom stereocenters. The third kappa shape index (κ3) is 6.65. The van der Waals surface area contributed by atoms with Crippen molar-refractivity contribution >= 4 is 5.91 Å². The Morgan fingerprint density at radius 1 is 0.872 bits per heavy atom. The zero-order chi connectivity index (χ0) is 26.4. The lowest BCUT2D eigenvalue weighted by Crippen LogP contribution is -2.41. The fourth-order valence-electron chi connectivity index (χ4n) is 6.00. The molecule has 5 nitrogen and oxygen atoms in total. The van der Waals surface area contributed by atoms with Gasteiger partial charge < -0.3 is 19.7 Å². The molecule has 2 aliphatic heterocycles. The van der Waals surface area contributed by atoms with E-state index in [1.807, 2.05) is 18.2 Å². The molecule has 1 saturated carbocycles. The first kappa shape index (κ1) is 25.9. The minimum absolute atomic E-state index is 0.0502. The molecule has 0 spiro atoms. The molecule has 3 aromatic carbocycles. The van der Waals surface area contributed by atoms with Crippen molar-refractivity contribution in [1.29, 1.82) is 0 Å². The highest BCUT2D eigenvalue weighted by molar-refractivity contribution is 5.82. The van der Waals surface area contributed by atoms with Crippen LogP contribution in [0.4, 0.5) is 0 Å². The van der Waals surface area contributed by atoms with Crippen molar-refractivity contribution in [3.05, 3.63) is 95.1 Å². The first-order chi connectivity index (χ1) is 19.2. The van der Waals surface area contributed by atoms with E-state index in [1.165, 1.54) is 36.0 Å². The minimum Gasteiger partial charge on any atom is -0.494 e. The van der Waals surface area contributed by atoms with E-state index in [0.29, 0.717) is 18.6 Å². The summed E-state index contributed by atoms with van der Waals surface area (Å²) in [4.78, 5) is 15.4. The quantitative estimate of drug-likeness (QED) is 0.340. The highest BCUT2D eigenvalue weighted by Crippen LogP contribution is 2.39. The first-order valence-corrected chi connectivity index (χ1v) is 14.8. The van der Waals surface area contributed by atoms with Crippen molar-refractivity contribution in [2.75, 3.05) is 19.7 Å². The average molecular weight is 525 g/mol. The van der Waals surface area contributed by atoms with Crippen LogP contribution in [0, 0.1) is 5.92 Å². The molecule has 1 N–H and O–H groups in total. The van der Waals surface area contributed by atoms with Gasteiger partial charge in [-0.25, -0.2) is 0 Å². The van der Waals surface area contributed by atoms with E-state index in [9.17, 15) is 4.79 Å². The van der Waals surface area contributed by atoms with Crippen molar-refractivity contribution in [2.45, 2.75) is 70.1 Å². The van der Waals surface area contributed by atoms with E-state index in [0.717, 1.165) is 68.9 Å². The van der Waals surface area contributed by atoms with Crippen LogP contribution in [0.15, 0.2) is 72.8 Å². The lowest BCUT2D eigenvalue weighted by molar-refractivity contribution is -0.135. The molecule has 204 valence electrons. The summed E-state index contributed by atoms with van der Waals surface area (Å²) in [6.07, 6.45) is 8.65. The molecular formula is C34H40N2O3. The van der Waals surface area contributed by atoms with E-state index < -0.39 is 0 Å². The van der Waals surface area contributed by atoms with Gasteiger partial charge in [0.05, 0.1) is 12.6 Å². The normalized spacial score (nSPS) is 20.8. The van der Waals surface area contributed by atoms with Crippen molar-refractivity contribution in [1.82, 2.24) is 10.2 Å². The number of hydrogen-bond acceptors (Lipinski definition) is 4. The number of fused-ring (bicyclic) bond motifs is 1. The van der Waals surface area contributed by atoms with E-state index in [-0.39, 0.29) is 12.0 Å². The Kier molecular flexibility index (Phi) is 8.15. The van der Waals surface area contributed by atoms with Gasteiger partial charge in [-0.2, -0.15) is 0 Å². The second kappa shape index (κ2) is 12.3. The van der Waals surface area contributed by atoms with Gasteiger partial charge in [0.2, 0.25) is 5.91 Å². The Bertz CT molecular complexity index is 1230. The third-order valence-electron chi connectivity index (χ3n) is 8.43. The molecular weight excluding hydrogens is 484 g/mol. The van der Waals surface area contributed by atoms with Crippen LogP contribution in [-0.2, 0) is 24.2 Å². The number of hydrogen-bond donors (Lipinski definition) is 1. The van der Waals surface area contributed by atoms with Gasteiger partial charge in [-0.1, -0.05) is 55.0 Å². The maximum Gasteiger partial charge on any atom is 0.226 e. The summed E-state index contributed by atoms with van der Waals surface area (Å²) in [5.74, 6) is 2.36. The molecule has 2 fully saturated rings. The summed E-state index contributed by atoms with van der Waals surface area (Å²) in [5, 5.41) is 3.59. The Hall–Kier alpha value is -3.31. The predicted molar refractivity (Wildman–Crippen MR) is 154 cm³/mol. The zero-order valence-electron chi connectivity index (χ0n) is 22.8. The number of carbonyl (C=O) groups is 1. The first-order valence-electron chi connectivity index (χ1n) is 14.8. The molecule has 3 aromatic rings. The number of carbonyl (C=O) groups excluding carboxylic acids is 1. The average Bonchev–Trinajstić information content (AvgIpc) is 3.84. The number of piperidine rings is 1. The van der Waals surface area contributed by atoms with Crippen LogP contribution in [-0.4, -0.2) is 36.5 Å². The van der Waals surface area contributed by atoms with Gasteiger partial charge in [-0.3, -0.25) is 4.79 Å². The van der Waals surface area contributed by atoms with Crippen molar-refractivity contribution in [3.63, 3.8) is 0 Å². The highest BCUT2D eigenvalue weighted by Gasteiger charge is 2.39. The fourth-order valence-corrected chi connectivity index (χ4v) is 6.00. The largest absolute Gasteiger partial charge is 0.494 e. The molecule has 1 amide bonds. The van der Waals surface area contributed by atoms with Gasteiger partial charge >= 0.3 is 0 Å². The van der Waals surface area contributed by atoms with Crippen LogP contribution < -0.4 is 14.8 Å². The molecule has 5 heteroatoms. The van der Waals surface area contributed by atoms with Crippen LogP contribution in [0.25, 0.3) is 0 Å². The summed E-state index contributed by atoms with van der Waals surface area (Å²) in [7, 11) is 0. The standard InChI is InChI=1S/C34H40N2O3/c37-34(27-11-12-27)36-20-17-28-23-31(39-24-26-6-2-1-3-7-26)15-16-32(28)33(36)22-25-9-13-30(14-10-25)38-21-18-29-8-4-5-19-35-29/h1-3,6-7,9-10,13-16,23,27,29,33,35H,4-5,8,11-12,17-22,24H2. The van der Waals surface area contributed by atoms with E-state index >= 15 is 0 Å². The maximum atomic E-state index is 13.3. The summed E-state index contributed by atoms with van der Waals surface area (Å²) >= 11 is 0. The zero-order valence-corrected chi connectivity index (χ0v) is 22.8. The number of benzene rings is 3. The summed E-state index contributed by atoms with van der Waals surface area (Å²) in [6.45, 7) is 3.20. The Morgan fingerprint density at radius 2 is 1.69 bits per heavy atom. The molecule has 6 rings (SSSR count). The Labute approximate surface area is 232 Å². The van der Waals surface area contributed by atoms with Crippen LogP contribution in [0.2, 0.25) is 0 Å². The molecule has 3 aliphatic rings. The molecule has 1 aliphatic carbocycles. The van der Waals surface area contributed by atoms with Crippen LogP contribution >= 0.6 is 0 Å². The van der Waals surface area contributed by atoms with Crippen LogP contribution in [0.5, 0.6) is 11.5 Å². The van der Waals surface area contributed by atoms with E-state index in [1.54, 1.807) is 0 Å². The highest BCUT2D eigenvalue weighted by atomic mass is 16.5. The van der Waals surface area contributed by atoms with Crippen molar-refractivity contribution in [3.8, 4) is 11.5 Å². The monoisotopic (exact) mass is 524 g/mol. The van der Waals surface area contributed by atoms with Gasteiger partial charge in [0.25, 0.3) is 0 Å². The van der Waals surface area contributed by atoms with Gasteiger partial charge in [-0.05, 0) is 98.0 Å². The van der Waals surface area contributed by atoms with Crippen molar-refractivity contribution < 1.29 is 14.3 Å². The predicted octanol–water partition coefficient (Wildman–Crippen LogP) is 6.26. The number of nitrogens with one attached hydrogen (secondary N) is 1. The summed E-state index contributed by atoms with van der Waals surface area (Å²) in [6, 6.07) is 25.8. The summed E-state index contributed by atoms with van der Waals surface area (Å²) < 4.78 is 12.2. The smallest absolute Gasteiger partial charge is 0.226 e. The fraction of sp³-hybridized carbons (Fsp3) is 0.441. The van der Waals surface area contributed by atoms with Gasteiger partial charge in [-0.15, -0.1) is 0 Å². The Balaban J connectivity index is 1.13. The van der Waals surface area contributed by atoms with Crippen molar-refractivity contribution in [2.24, 2.45) is 5.92 Å². The molecule has 1 saturated heterocycles. The number of ether oxygens (including phenoxy) is 2. The van der Waals surface area contributed by atoms with Crippen LogP contribution in [0.1, 0.15) is 66.8 Å². The minimum atomic E-state index is 0.0502. The lowest BCUT2D eigenvalue weighted by Gasteiger charge is -2.38. The third-order valence-corrected chi connectivity index (χ3v) is 8.43. The lowest BCUT2D eigenvalue weighted by atomic mass is 9.88.